The van der Waals surface area contributed by atoms with E-state index in [9.17, 15) is 14.3 Å². The number of carbonyl (C=O) groups is 1. The number of aliphatic hydroxyl groups excluding tert-OH is 1. The van der Waals surface area contributed by atoms with E-state index in [1.165, 1.54) is 35.8 Å². The number of hydrogen-bond acceptors (Lipinski definition) is 4. The average molecular weight is 294 g/mol. The van der Waals surface area contributed by atoms with E-state index >= 15 is 0 Å². The monoisotopic (exact) mass is 294 g/mol. The van der Waals surface area contributed by atoms with Gasteiger partial charge < -0.3 is 10.4 Å². The summed E-state index contributed by atoms with van der Waals surface area (Å²) in [6.45, 7) is 3.45. The molecule has 0 spiro atoms. The highest BCUT2D eigenvalue weighted by atomic mass is 32.1. The van der Waals surface area contributed by atoms with E-state index in [1.54, 1.807) is 19.2 Å². The highest BCUT2D eigenvalue weighted by Crippen LogP contribution is 2.18. The first kappa shape index (κ1) is 14.6. The van der Waals surface area contributed by atoms with E-state index in [2.05, 4.69) is 9.69 Å². The van der Waals surface area contributed by atoms with Crippen LogP contribution in [0.2, 0.25) is 0 Å². The maximum atomic E-state index is 12.8. The van der Waals surface area contributed by atoms with Crippen LogP contribution in [0.5, 0.6) is 0 Å². The lowest BCUT2D eigenvalue weighted by Crippen LogP contribution is -2.37. The molecule has 2 N–H and O–H groups in total. The van der Waals surface area contributed by atoms with E-state index in [0.717, 1.165) is 0 Å². The number of halogens is 1. The molecule has 0 radical (unpaired) electrons. The Labute approximate surface area is 120 Å². The third-order valence-electron chi connectivity index (χ3n) is 3.04. The van der Waals surface area contributed by atoms with Gasteiger partial charge in [-0.3, -0.25) is 4.79 Å². The summed E-state index contributed by atoms with van der Waals surface area (Å²) < 4.78 is 16.9. The molecule has 2 atom stereocenters. The van der Waals surface area contributed by atoms with Gasteiger partial charge in [0.15, 0.2) is 0 Å². The second kappa shape index (κ2) is 6.11. The van der Waals surface area contributed by atoms with Crippen LogP contribution in [-0.4, -0.2) is 21.4 Å². The van der Waals surface area contributed by atoms with Crippen LogP contribution in [0.4, 0.5) is 4.39 Å². The SMILES string of the molecule is Cc1nscc1C(=O)NC(C)C(O)c1ccc(F)cc1. The molecule has 0 saturated heterocycles. The highest BCUT2D eigenvalue weighted by molar-refractivity contribution is 7.03. The van der Waals surface area contributed by atoms with E-state index in [0.29, 0.717) is 16.8 Å². The topological polar surface area (TPSA) is 62.2 Å². The summed E-state index contributed by atoms with van der Waals surface area (Å²) in [7, 11) is 0. The molecule has 1 aromatic carbocycles. The molecule has 1 amide bonds. The molecule has 0 bridgehead atoms. The van der Waals surface area contributed by atoms with Crippen LogP contribution in [-0.2, 0) is 0 Å². The van der Waals surface area contributed by atoms with Crippen molar-refractivity contribution in [3.05, 3.63) is 52.3 Å². The van der Waals surface area contributed by atoms with Gasteiger partial charge in [0, 0.05) is 5.38 Å². The fourth-order valence-electron chi connectivity index (χ4n) is 1.82. The van der Waals surface area contributed by atoms with Gasteiger partial charge in [-0.2, -0.15) is 4.37 Å². The first-order valence-corrected chi connectivity index (χ1v) is 6.98. The van der Waals surface area contributed by atoms with Crippen molar-refractivity contribution in [1.82, 2.24) is 9.69 Å². The molecule has 1 aromatic heterocycles. The van der Waals surface area contributed by atoms with Gasteiger partial charge in [0.2, 0.25) is 0 Å². The molecule has 106 valence electrons. The van der Waals surface area contributed by atoms with Crippen molar-refractivity contribution in [1.29, 1.82) is 0 Å². The minimum Gasteiger partial charge on any atom is -0.386 e. The van der Waals surface area contributed by atoms with Crippen LogP contribution in [0.3, 0.4) is 0 Å². The Hall–Kier alpha value is -1.79. The Morgan fingerprint density at radius 3 is 2.60 bits per heavy atom. The number of aliphatic hydroxyl groups is 1. The third-order valence-corrected chi connectivity index (χ3v) is 3.76. The van der Waals surface area contributed by atoms with Crippen LogP contribution in [0.15, 0.2) is 29.6 Å². The smallest absolute Gasteiger partial charge is 0.254 e. The van der Waals surface area contributed by atoms with Crippen LogP contribution >= 0.6 is 11.5 Å². The van der Waals surface area contributed by atoms with Gasteiger partial charge in [-0.1, -0.05) is 12.1 Å². The van der Waals surface area contributed by atoms with Gasteiger partial charge in [-0.25, -0.2) is 4.39 Å². The van der Waals surface area contributed by atoms with Gasteiger partial charge in [0.1, 0.15) is 5.82 Å². The molecule has 0 aliphatic heterocycles. The van der Waals surface area contributed by atoms with Gasteiger partial charge >= 0.3 is 0 Å². The Kier molecular flexibility index (Phi) is 4.46. The lowest BCUT2D eigenvalue weighted by atomic mass is 10.0. The molecule has 1 heterocycles. The van der Waals surface area contributed by atoms with Crippen molar-refractivity contribution in [3.63, 3.8) is 0 Å². The molecular weight excluding hydrogens is 279 g/mol. The summed E-state index contributed by atoms with van der Waals surface area (Å²) in [6, 6.07) is 5.06. The van der Waals surface area contributed by atoms with Gasteiger partial charge in [-0.05, 0) is 43.1 Å². The van der Waals surface area contributed by atoms with Crippen LogP contribution in [0.25, 0.3) is 0 Å². The van der Waals surface area contributed by atoms with Crippen molar-refractivity contribution in [2.24, 2.45) is 0 Å². The minimum absolute atomic E-state index is 0.273. The number of aromatic nitrogens is 1. The molecule has 2 aromatic rings. The summed E-state index contributed by atoms with van der Waals surface area (Å²) in [6.07, 6.45) is -0.897. The fraction of sp³-hybridized carbons (Fsp3) is 0.286. The second-order valence-corrected chi connectivity index (χ2v) is 5.20. The lowest BCUT2D eigenvalue weighted by molar-refractivity contribution is 0.0851. The Bertz CT molecular complexity index is 597. The summed E-state index contributed by atoms with van der Waals surface area (Å²) in [5, 5.41) is 14.5. The third kappa shape index (κ3) is 3.20. The Morgan fingerprint density at radius 1 is 1.40 bits per heavy atom. The van der Waals surface area contributed by atoms with Crippen molar-refractivity contribution < 1.29 is 14.3 Å². The maximum absolute atomic E-state index is 12.8. The molecule has 20 heavy (non-hydrogen) atoms. The van der Waals surface area contributed by atoms with Crippen LogP contribution < -0.4 is 5.32 Å². The van der Waals surface area contributed by atoms with E-state index < -0.39 is 12.1 Å². The van der Waals surface area contributed by atoms with Crippen LogP contribution in [0.1, 0.15) is 34.6 Å². The Balaban J connectivity index is 2.04. The van der Waals surface area contributed by atoms with E-state index in [4.69, 9.17) is 0 Å². The van der Waals surface area contributed by atoms with E-state index in [1.807, 2.05) is 0 Å². The Morgan fingerprint density at radius 2 is 2.05 bits per heavy atom. The fourth-order valence-corrected chi connectivity index (χ4v) is 2.51. The lowest BCUT2D eigenvalue weighted by Gasteiger charge is -2.20. The molecule has 0 fully saturated rings. The molecule has 0 aliphatic carbocycles. The van der Waals surface area contributed by atoms with Crippen molar-refractivity contribution in [3.8, 4) is 0 Å². The van der Waals surface area contributed by atoms with Gasteiger partial charge in [-0.15, -0.1) is 0 Å². The second-order valence-electron chi connectivity index (χ2n) is 4.57. The van der Waals surface area contributed by atoms with Crippen LogP contribution in [0, 0.1) is 12.7 Å². The standard InChI is InChI=1S/C14H15FN2O2S/c1-8-12(7-20-17-8)14(19)16-9(2)13(18)10-3-5-11(15)6-4-10/h3-7,9,13,18H,1-2H3,(H,16,19). The predicted molar refractivity (Wildman–Crippen MR) is 75.1 cm³/mol. The first-order valence-electron chi connectivity index (χ1n) is 6.14. The zero-order chi connectivity index (χ0) is 14.7. The largest absolute Gasteiger partial charge is 0.386 e. The van der Waals surface area contributed by atoms with Gasteiger partial charge in [0.25, 0.3) is 5.91 Å². The number of benzene rings is 1. The number of amides is 1. The molecule has 0 saturated carbocycles. The van der Waals surface area contributed by atoms with Crippen molar-refractivity contribution in [2.45, 2.75) is 26.0 Å². The molecular formula is C14H15FN2O2S. The maximum Gasteiger partial charge on any atom is 0.254 e. The highest BCUT2D eigenvalue weighted by Gasteiger charge is 2.20. The summed E-state index contributed by atoms with van der Waals surface area (Å²) in [4.78, 5) is 12.0. The molecule has 6 heteroatoms. The molecule has 0 aliphatic rings. The zero-order valence-corrected chi connectivity index (χ0v) is 11.9. The number of nitrogens with zero attached hydrogens (tertiary/aromatic N) is 1. The zero-order valence-electron chi connectivity index (χ0n) is 11.1. The summed E-state index contributed by atoms with van der Waals surface area (Å²) in [5.74, 6) is -0.637. The first-order chi connectivity index (χ1) is 9.49. The average Bonchev–Trinajstić information content (AvgIpc) is 2.85. The number of rotatable bonds is 4. The number of aryl methyl sites for hydroxylation is 1. The van der Waals surface area contributed by atoms with Crippen molar-refractivity contribution >= 4 is 17.4 Å². The van der Waals surface area contributed by atoms with Crippen molar-refractivity contribution in [2.75, 3.05) is 0 Å². The number of hydrogen-bond donors (Lipinski definition) is 2. The molecule has 4 nitrogen and oxygen atoms in total. The van der Waals surface area contributed by atoms with Gasteiger partial charge in [0.05, 0.1) is 23.4 Å². The summed E-state index contributed by atoms with van der Waals surface area (Å²) >= 11 is 1.21. The van der Waals surface area contributed by atoms with E-state index in [-0.39, 0.29) is 11.7 Å². The minimum atomic E-state index is -0.897. The number of carbonyl (C=O) groups excluding carboxylic acids is 1. The predicted octanol–water partition coefficient (Wildman–Crippen LogP) is 2.44. The normalized spacial score (nSPS) is 13.8. The quantitative estimate of drug-likeness (QED) is 0.910. The molecule has 2 rings (SSSR count). The molecule has 2 unspecified atom stereocenters. The summed E-state index contributed by atoms with van der Waals surface area (Å²) in [5.41, 5.74) is 1.73. The number of nitrogens with one attached hydrogen (secondary N) is 1.